The molecule has 2 aromatic carbocycles. The molecular weight excluding hydrogens is 444 g/mol. The first-order valence-electron chi connectivity index (χ1n) is 9.70. The Morgan fingerprint density at radius 1 is 1.23 bits per heavy atom. The molecule has 1 aliphatic rings. The summed E-state index contributed by atoms with van der Waals surface area (Å²) in [5.74, 6) is 1.45. The van der Waals surface area contributed by atoms with Gasteiger partial charge in [-0.15, -0.1) is 0 Å². The lowest BCUT2D eigenvalue weighted by Gasteiger charge is -2.26. The van der Waals surface area contributed by atoms with Gasteiger partial charge in [0, 0.05) is 40.5 Å². The Morgan fingerprint density at radius 3 is 2.90 bits per heavy atom. The third kappa shape index (κ3) is 5.27. The van der Waals surface area contributed by atoms with E-state index in [-0.39, 0.29) is 11.9 Å². The second-order valence-corrected chi connectivity index (χ2v) is 7.85. The fraction of sp³-hybridized carbons (Fsp3) is 0.167. The van der Waals surface area contributed by atoms with Gasteiger partial charge in [0.2, 0.25) is 5.91 Å². The van der Waals surface area contributed by atoms with Gasteiger partial charge in [-0.2, -0.15) is 0 Å². The number of pyridine rings is 1. The average molecular weight is 465 g/mol. The zero-order valence-electron chi connectivity index (χ0n) is 16.3. The fourth-order valence-electron chi connectivity index (χ4n) is 3.23. The summed E-state index contributed by atoms with van der Waals surface area (Å²) in [7, 11) is 0. The van der Waals surface area contributed by atoms with E-state index in [1.165, 1.54) is 0 Å². The number of rotatable bonds is 6. The third-order valence-corrected chi connectivity index (χ3v) is 5.26. The molecule has 5 nitrogen and oxygen atoms in total. The van der Waals surface area contributed by atoms with Gasteiger partial charge in [-0.3, -0.25) is 9.78 Å². The maximum absolute atomic E-state index is 12.4. The lowest BCUT2D eigenvalue weighted by Crippen LogP contribution is -2.31. The highest BCUT2D eigenvalue weighted by Crippen LogP contribution is 2.34. The highest BCUT2D eigenvalue weighted by molar-refractivity contribution is 9.10. The fourth-order valence-corrected chi connectivity index (χ4v) is 3.61. The van der Waals surface area contributed by atoms with Gasteiger partial charge in [0.1, 0.15) is 18.1 Å². The highest BCUT2D eigenvalue weighted by atomic mass is 79.9. The topological polar surface area (TPSA) is 60.5 Å². The predicted octanol–water partition coefficient (Wildman–Crippen LogP) is 5.08. The number of fused-ring (bicyclic) bond motifs is 1. The van der Waals surface area contributed by atoms with Gasteiger partial charge < -0.3 is 14.8 Å². The van der Waals surface area contributed by atoms with Crippen molar-refractivity contribution in [3.8, 4) is 11.5 Å². The largest absolute Gasteiger partial charge is 0.493 e. The van der Waals surface area contributed by atoms with E-state index in [1.54, 1.807) is 24.5 Å². The monoisotopic (exact) mass is 464 g/mol. The molecule has 0 fully saturated rings. The minimum atomic E-state index is -0.135. The Kier molecular flexibility index (Phi) is 6.44. The highest BCUT2D eigenvalue weighted by Gasteiger charge is 2.22. The molecule has 0 aliphatic carbocycles. The Hall–Kier alpha value is -3.12. The van der Waals surface area contributed by atoms with Crippen molar-refractivity contribution in [1.29, 1.82) is 0 Å². The number of nitrogens with zero attached hydrogens (tertiary/aromatic N) is 1. The van der Waals surface area contributed by atoms with Crippen LogP contribution in [0, 0.1) is 0 Å². The van der Waals surface area contributed by atoms with Crippen LogP contribution < -0.4 is 14.8 Å². The van der Waals surface area contributed by atoms with E-state index in [9.17, 15) is 4.79 Å². The minimum Gasteiger partial charge on any atom is -0.493 e. The number of hydrogen-bond acceptors (Lipinski definition) is 4. The number of nitrogens with one attached hydrogen (secondary N) is 1. The van der Waals surface area contributed by atoms with Crippen LogP contribution in [-0.2, 0) is 11.4 Å². The predicted molar refractivity (Wildman–Crippen MR) is 119 cm³/mol. The van der Waals surface area contributed by atoms with Crippen LogP contribution in [0.25, 0.3) is 6.08 Å². The van der Waals surface area contributed by atoms with Crippen LogP contribution in [0.1, 0.15) is 29.2 Å². The van der Waals surface area contributed by atoms with Crippen molar-refractivity contribution >= 4 is 27.9 Å². The average Bonchev–Trinajstić information content (AvgIpc) is 2.78. The van der Waals surface area contributed by atoms with E-state index < -0.39 is 0 Å². The Labute approximate surface area is 183 Å². The molecule has 0 bridgehead atoms. The minimum absolute atomic E-state index is 0.0633. The van der Waals surface area contributed by atoms with E-state index in [2.05, 4.69) is 26.2 Å². The van der Waals surface area contributed by atoms with Crippen LogP contribution in [0.15, 0.2) is 77.5 Å². The molecule has 1 N–H and O–H groups in total. The van der Waals surface area contributed by atoms with Crippen LogP contribution >= 0.6 is 15.9 Å². The molecule has 6 heteroatoms. The normalized spacial score (nSPS) is 15.3. The van der Waals surface area contributed by atoms with E-state index in [1.807, 2.05) is 54.6 Å². The number of carbonyl (C=O) groups excluding carboxylic acids is 1. The van der Waals surface area contributed by atoms with Crippen LogP contribution in [0.3, 0.4) is 0 Å². The summed E-state index contributed by atoms with van der Waals surface area (Å²) in [5.41, 5.74) is 2.93. The summed E-state index contributed by atoms with van der Waals surface area (Å²) >= 11 is 3.48. The zero-order valence-corrected chi connectivity index (χ0v) is 17.8. The number of halogens is 1. The number of carbonyl (C=O) groups is 1. The molecule has 0 saturated carbocycles. The summed E-state index contributed by atoms with van der Waals surface area (Å²) in [6.07, 6.45) is 7.61. The van der Waals surface area contributed by atoms with Gasteiger partial charge >= 0.3 is 0 Å². The van der Waals surface area contributed by atoms with Crippen molar-refractivity contribution in [2.45, 2.75) is 19.1 Å². The molecule has 0 saturated heterocycles. The lowest BCUT2D eigenvalue weighted by molar-refractivity contribution is -0.117. The Bertz CT molecular complexity index is 1040. The molecule has 1 unspecified atom stereocenters. The molecule has 3 aromatic rings. The van der Waals surface area contributed by atoms with Crippen LogP contribution in [0.4, 0.5) is 0 Å². The van der Waals surface area contributed by atoms with E-state index in [4.69, 9.17) is 9.47 Å². The summed E-state index contributed by atoms with van der Waals surface area (Å²) in [6, 6.07) is 17.3. The van der Waals surface area contributed by atoms with Crippen LogP contribution in [0.2, 0.25) is 0 Å². The zero-order chi connectivity index (χ0) is 20.8. The molecule has 2 heterocycles. The van der Waals surface area contributed by atoms with E-state index in [0.717, 1.165) is 39.1 Å². The quantitative estimate of drug-likeness (QED) is 0.516. The second kappa shape index (κ2) is 9.59. The summed E-state index contributed by atoms with van der Waals surface area (Å²) in [5, 5.41) is 3.07. The first-order chi connectivity index (χ1) is 14.7. The Morgan fingerprint density at radius 2 is 2.10 bits per heavy atom. The second-order valence-electron chi connectivity index (χ2n) is 6.93. The van der Waals surface area contributed by atoms with Crippen molar-refractivity contribution in [3.63, 3.8) is 0 Å². The maximum atomic E-state index is 12.4. The van der Waals surface area contributed by atoms with Gasteiger partial charge in [-0.1, -0.05) is 34.1 Å². The molecule has 4 rings (SSSR count). The molecule has 30 heavy (non-hydrogen) atoms. The van der Waals surface area contributed by atoms with Crippen LogP contribution in [0.5, 0.6) is 11.5 Å². The summed E-state index contributed by atoms with van der Waals surface area (Å²) in [6.45, 7) is 1.05. The molecule has 1 aromatic heterocycles. The van der Waals surface area contributed by atoms with Gasteiger partial charge in [-0.05, 0) is 48.0 Å². The summed E-state index contributed by atoms with van der Waals surface area (Å²) < 4.78 is 12.4. The smallest absolute Gasteiger partial charge is 0.244 e. The number of amides is 1. The van der Waals surface area contributed by atoms with Crippen molar-refractivity contribution in [1.82, 2.24) is 10.3 Å². The third-order valence-electron chi connectivity index (χ3n) is 4.76. The van der Waals surface area contributed by atoms with Gasteiger partial charge in [0.15, 0.2) is 0 Å². The molecule has 152 valence electrons. The number of benzene rings is 2. The van der Waals surface area contributed by atoms with Gasteiger partial charge in [-0.25, -0.2) is 0 Å². The van der Waals surface area contributed by atoms with Crippen LogP contribution in [-0.4, -0.2) is 17.5 Å². The molecule has 0 radical (unpaired) electrons. The number of hydrogen-bond donors (Lipinski definition) is 1. The maximum Gasteiger partial charge on any atom is 0.244 e. The molecular formula is C24H21BrN2O3. The van der Waals surface area contributed by atoms with Gasteiger partial charge in [0.05, 0.1) is 12.6 Å². The SMILES string of the molecule is O=C(/C=C/c1ccc(OCc2cccnc2)cc1)NC1CCOc2ccc(Br)cc21. The summed E-state index contributed by atoms with van der Waals surface area (Å²) in [4.78, 5) is 16.5. The molecule has 0 spiro atoms. The number of aromatic nitrogens is 1. The standard InChI is InChI=1S/C24H21BrN2O3/c25-19-6-9-23-21(14-19)22(11-13-29-23)27-24(28)10-5-17-3-7-20(8-4-17)30-16-18-2-1-12-26-15-18/h1-10,12,14-15,22H,11,13,16H2,(H,27,28)/b10-5+. The first-order valence-corrected chi connectivity index (χ1v) is 10.5. The van der Waals surface area contributed by atoms with Crippen molar-refractivity contribution in [2.24, 2.45) is 0 Å². The van der Waals surface area contributed by atoms with Gasteiger partial charge in [0.25, 0.3) is 0 Å². The first kappa shape index (κ1) is 20.2. The Balaban J connectivity index is 1.33. The lowest BCUT2D eigenvalue weighted by atomic mass is 10.0. The van der Waals surface area contributed by atoms with Crippen molar-refractivity contribution < 1.29 is 14.3 Å². The van der Waals surface area contributed by atoms with Crippen molar-refractivity contribution in [2.75, 3.05) is 6.61 Å². The van der Waals surface area contributed by atoms with E-state index in [0.29, 0.717) is 13.2 Å². The molecule has 1 aliphatic heterocycles. The number of ether oxygens (including phenoxy) is 2. The van der Waals surface area contributed by atoms with E-state index >= 15 is 0 Å². The van der Waals surface area contributed by atoms with Crippen molar-refractivity contribution in [3.05, 3.63) is 94.2 Å². The molecule has 1 amide bonds. The molecule has 1 atom stereocenters.